The Bertz CT molecular complexity index is 1190. The first-order valence-electron chi connectivity index (χ1n) is 9.88. The van der Waals surface area contributed by atoms with E-state index in [1.165, 1.54) is 0 Å². The van der Waals surface area contributed by atoms with E-state index in [-0.39, 0.29) is 12.0 Å². The van der Waals surface area contributed by atoms with Gasteiger partial charge in [-0.1, -0.05) is 48.0 Å². The van der Waals surface area contributed by atoms with Gasteiger partial charge in [0.15, 0.2) is 0 Å². The van der Waals surface area contributed by atoms with E-state index in [9.17, 15) is 8.42 Å². The highest BCUT2D eigenvalue weighted by molar-refractivity contribution is 7.92. The minimum atomic E-state index is -3.71. The van der Waals surface area contributed by atoms with Crippen molar-refractivity contribution in [3.63, 3.8) is 0 Å². The molecule has 0 N–H and O–H groups in total. The second-order valence-corrected chi connectivity index (χ2v) is 9.61. The number of methoxy groups -OCH3 is 1. The van der Waals surface area contributed by atoms with Crippen LogP contribution in [0.4, 0.5) is 5.69 Å². The molecule has 0 saturated carbocycles. The Balaban J connectivity index is 1.74. The molecule has 0 radical (unpaired) electrons. The summed E-state index contributed by atoms with van der Waals surface area (Å²) in [6, 6.07) is 20.7. The molecule has 0 spiro atoms. The topological polar surface area (TPSA) is 46.6 Å². The fourth-order valence-corrected chi connectivity index (χ4v) is 6.55. The molecule has 1 aliphatic heterocycles. The number of sulfonamides is 1. The second kappa shape index (κ2) is 6.63. The Morgan fingerprint density at radius 2 is 1.66 bits per heavy atom. The van der Waals surface area contributed by atoms with Crippen molar-refractivity contribution in [1.82, 2.24) is 0 Å². The maximum absolute atomic E-state index is 13.8. The summed E-state index contributed by atoms with van der Waals surface area (Å²) in [5.41, 5.74) is 5.11. The molecule has 3 aromatic rings. The SMILES string of the molecule is COc1cccc2c1CC[C@@H]1c3ccccc3N(S(=O)(=O)c3ccc(C)cc3)[C@H]21. The normalized spacial score (nSPS) is 20.0. The Morgan fingerprint density at radius 1 is 0.931 bits per heavy atom. The van der Waals surface area contributed by atoms with Crippen molar-refractivity contribution in [3.8, 4) is 5.75 Å². The van der Waals surface area contributed by atoms with Crippen LogP contribution < -0.4 is 9.04 Å². The average molecular weight is 406 g/mol. The summed E-state index contributed by atoms with van der Waals surface area (Å²) in [6.45, 7) is 1.96. The van der Waals surface area contributed by atoms with Gasteiger partial charge in [0.1, 0.15) is 5.75 Å². The Morgan fingerprint density at radius 3 is 2.41 bits per heavy atom. The molecule has 0 unspecified atom stereocenters. The van der Waals surface area contributed by atoms with E-state index in [0.717, 1.165) is 46.5 Å². The highest BCUT2D eigenvalue weighted by atomic mass is 32.2. The molecular weight excluding hydrogens is 382 g/mol. The molecule has 29 heavy (non-hydrogen) atoms. The lowest BCUT2D eigenvalue weighted by Gasteiger charge is -2.35. The zero-order valence-corrected chi connectivity index (χ0v) is 17.3. The third kappa shape index (κ3) is 2.68. The Labute approximate surface area is 171 Å². The van der Waals surface area contributed by atoms with Gasteiger partial charge in [-0.3, -0.25) is 4.31 Å². The molecular formula is C24H23NO3S. The van der Waals surface area contributed by atoms with Gasteiger partial charge in [0, 0.05) is 5.92 Å². The van der Waals surface area contributed by atoms with E-state index in [1.54, 1.807) is 23.5 Å². The van der Waals surface area contributed by atoms with Crippen LogP contribution >= 0.6 is 0 Å². The van der Waals surface area contributed by atoms with E-state index in [0.29, 0.717) is 4.90 Å². The van der Waals surface area contributed by atoms with Crippen LogP contribution in [0.25, 0.3) is 0 Å². The lowest BCUT2D eigenvalue weighted by atomic mass is 9.78. The van der Waals surface area contributed by atoms with Gasteiger partial charge >= 0.3 is 0 Å². The summed E-state index contributed by atoms with van der Waals surface area (Å²) < 4.78 is 34.9. The third-order valence-corrected chi connectivity index (χ3v) is 8.01. The Kier molecular flexibility index (Phi) is 4.17. The average Bonchev–Trinajstić information content (AvgIpc) is 3.09. The van der Waals surface area contributed by atoms with Crippen molar-refractivity contribution < 1.29 is 13.2 Å². The van der Waals surface area contributed by atoms with Crippen molar-refractivity contribution in [2.75, 3.05) is 11.4 Å². The summed E-state index contributed by atoms with van der Waals surface area (Å²) >= 11 is 0. The first-order valence-corrected chi connectivity index (χ1v) is 11.3. The smallest absolute Gasteiger partial charge is 0.264 e. The van der Waals surface area contributed by atoms with Gasteiger partial charge in [0.2, 0.25) is 0 Å². The van der Waals surface area contributed by atoms with Crippen molar-refractivity contribution in [1.29, 1.82) is 0 Å². The number of hydrogen-bond acceptors (Lipinski definition) is 3. The predicted molar refractivity (Wildman–Crippen MR) is 114 cm³/mol. The van der Waals surface area contributed by atoms with Crippen LogP contribution in [0.1, 0.15) is 40.6 Å². The number of para-hydroxylation sites is 1. The molecule has 0 amide bonds. The van der Waals surface area contributed by atoms with E-state index in [2.05, 4.69) is 12.1 Å². The maximum atomic E-state index is 13.8. The van der Waals surface area contributed by atoms with Crippen molar-refractivity contribution in [3.05, 3.63) is 89.0 Å². The Hall–Kier alpha value is -2.79. The van der Waals surface area contributed by atoms with Crippen LogP contribution in [-0.4, -0.2) is 15.5 Å². The molecule has 5 heteroatoms. The lowest BCUT2D eigenvalue weighted by molar-refractivity contribution is 0.400. The van der Waals surface area contributed by atoms with E-state index in [4.69, 9.17) is 4.74 Å². The van der Waals surface area contributed by atoms with Gasteiger partial charge in [-0.05, 0) is 60.7 Å². The van der Waals surface area contributed by atoms with Gasteiger partial charge in [0.05, 0.1) is 23.7 Å². The fourth-order valence-electron chi connectivity index (χ4n) is 4.86. The van der Waals surface area contributed by atoms with Crippen LogP contribution in [0.3, 0.4) is 0 Å². The predicted octanol–water partition coefficient (Wildman–Crippen LogP) is 4.98. The first kappa shape index (κ1) is 18.3. The highest BCUT2D eigenvalue weighted by Gasteiger charge is 2.48. The molecule has 0 fully saturated rings. The van der Waals surface area contributed by atoms with Crippen LogP contribution in [0.2, 0.25) is 0 Å². The molecule has 0 aromatic heterocycles. The van der Waals surface area contributed by atoms with Gasteiger partial charge in [-0.15, -0.1) is 0 Å². The van der Waals surface area contributed by atoms with Gasteiger partial charge in [0.25, 0.3) is 10.0 Å². The zero-order chi connectivity index (χ0) is 20.2. The minimum Gasteiger partial charge on any atom is -0.496 e. The molecule has 5 rings (SSSR count). The number of ether oxygens (including phenoxy) is 1. The number of rotatable bonds is 3. The minimum absolute atomic E-state index is 0.144. The molecule has 148 valence electrons. The van der Waals surface area contributed by atoms with Crippen molar-refractivity contribution >= 4 is 15.7 Å². The van der Waals surface area contributed by atoms with Crippen LogP contribution in [-0.2, 0) is 16.4 Å². The number of anilines is 1. The standard InChI is InChI=1S/C24H23NO3S/c1-16-10-12-17(13-11-16)29(26,27)25-22-8-4-3-6-18(22)21-15-14-19-20(24(21)25)7-5-9-23(19)28-2/h3-13,21,24H,14-15H2,1-2H3/t21-,24-/m1/s1. The molecule has 2 aliphatic rings. The summed E-state index contributed by atoms with van der Waals surface area (Å²) in [7, 11) is -2.04. The van der Waals surface area contributed by atoms with E-state index < -0.39 is 10.0 Å². The van der Waals surface area contributed by atoms with Crippen LogP contribution in [0.5, 0.6) is 5.75 Å². The summed E-state index contributed by atoms with van der Waals surface area (Å²) in [6.07, 6.45) is 1.78. The molecule has 3 aromatic carbocycles. The molecule has 4 nitrogen and oxygen atoms in total. The number of hydrogen-bond donors (Lipinski definition) is 0. The molecule has 1 heterocycles. The first-order chi connectivity index (χ1) is 14.0. The second-order valence-electron chi connectivity index (χ2n) is 7.79. The van der Waals surface area contributed by atoms with Gasteiger partial charge in [-0.2, -0.15) is 0 Å². The van der Waals surface area contributed by atoms with Gasteiger partial charge in [-0.25, -0.2) is 8.42 Å². The number of benzene rings is 3. The monoisotopic (exact) mass is 405 g/mol. The zero-order valence-electron chi connectivity index (χ0n) is 16.5. The van der Waals surface area contributed by atoms with E-state index >= 15 is 0 Å². The molecule has 0 bridgehead atoms. The number of fused-ring (bicyclic) bond motifs is 5. The number of nitrogens with zero attached hydrogens (tertiary/aromatic N) is 1. The van der Waals surface area contributed by atoms with E-state index in [1.807, 2.05) is 49.4 Å². The van der Waals surface area contributed by atoms with Crippen molar-refractivity contribution in [2.45, 2.75) is 36.6 Å². The summed E-state index contributed by atoms with van der Waals surface area (Å²) in [5, 5.41) is 0. The quantitative estimate of drug-likeness (QED) is 0.617. The molecule has 1 aliphatic carbocycles. The lowest BCUT2D eigenvalue weighted by Crippen LogP contribution is -2.35. The summed E-state index contributed by atoms with van der Waals surface area (Å²) in [5.74, 6) is 0.982. The maximum Gasteiger partial charge on any atom is 0.264 e. The van der Waals surface area contributed by atoms with Crippen LogP contribution in [0.15, 0.2) is 71.6 Å². The highest BCUT2D eigenvalue weighted by Crippen LogP contribution is 2.56. The fraction of sp³-hybridized carbons (Fsp3) is 0.250. The van der Waals surface area contributed by atoms with Crippen LogP contribution in [0, 0.1) is 6.92 Å². The largest absolute Gasteiger partial charge is 0.496 e. The third-order valence-electron chi connectivity index (χ3n) is 6.20. The molecule has 2 atom stereocenters. The van der Waals surface area contributed by atoms with Crippen molar-refractivity contribution in [2.24, 2.45) is 0 Å². The molecule has 0 saturated heterocycles. The van der Waals surface area contributed by atoms with Gasteiger partial charge < -0.3 is 4.74 Å². The summed E-state index contributed by atoms with van der Waals surface area (Å²) in [4.78, 5) is 0.327. The number of aryl methyl sites for hydroxylation is 1.